The molecule has 0 spiro atoms. The first-order chi connectivity index (χ1) is 11.2. The lowest BCUT2D eigenvalue weighted by Crippen LogP contribution is -2.23. The second-order valence-corrected chi connectivity index (χ2v) is 11.4. The van der Waals surface area contributed by atoms with Crippen LogP contribution in [0.2, 0.25) is 13.1 Å². The van der Waals surface area contributed by atoms with Crippen molar-refractivity contribution in [3.05, 3.63) is 47.0 Å². The van der Waals surface area contributed by atoms with Gasteiger partial charge in [0.25, 0.3) is 0 Å². The minimum Gasteiger partial charge on any atom is -0.429 e. The highest BCUT2D eigenvalue weighted by molar-refractivity contribution is 6.48. The van der Waals surface area contributed by atoms with Crippen LogP contribution in [0.25, 0.3) is 0 Å². The predicted molar refractivity (Wildman–Crippen MR) is 107 cm³/mol. The molecule has 0 N–H and O–H groups in total. The molecule has 1 aromatic rings. The Labute approximate surface area is 155 Å². The molecule has 0 heterocycles. The fourth-order valence-corrected chi connectivity index (χ4v) is 2.98. The Bertz CT molecular complexity index is 601. The minimum absolute atomic E-state index is 0.00577. The molecule has 0 aliphatic heterocycles. The van der Waals surface area contributed by atoms with E-state index in [-0.39, 0.29) is 10.8 Å². The van der Waals surface area contributed by atoms with E-state index in [1.165, 1.54) is 11.1 Å². The highest BCUT2D eigenvalue weighted by Gasteiger charge is 2.25. The molecule has 25 heavy (non-hydrogen) atoms. The molecule has 1 aromatic carbocycles. The van der Waals surface area contributed by atoms with Gasteiger partial charge in [-0.15, -0.1) is 0 Å². The van der Waals surface area contributed by atoms with Crippen LogP contribution >= 0.6 is 0 Å². The number of esters is 1. The molecule has 1 unspecified atom stereocenters. The first kappa shape index (κ1) is 21.6. The number of benzene rings is 1. The Morgan fingerprint density at radius 2 is 1.44 bits per heavy atom. The molecule has 0 amide bonds. The molecule has 140 valence electrons. The fourth-order valence-electron chi connectivity index (χ4n) is 2.27. The van der Waals surface area contributed by atoms with E-state index in [0.29, 0.717) is 5.57 Å². The molecule has 0 saturated heterocycles. The number of ether oxygens (including phenoxy) is 1. The van der Waals surface area contributed by atoms with E-state index in [1.54, 1.807) is 6.92 Å². The average molecular weight is 363 g/mol. The highest BCUT2D eigenvalue weighted by Crippen LogP contribution is 2.33. The van der Waals surface area contributed by atoms with Crippen molar-refractivity contribution in [3.63, 3.8) is 0 Å². The molecule has 0 aromatic heterocycles. The summed E-state index contributed by atoms with van der Waals surface area (Å²) in [7, 11) is -1.41. The summed E-state index contributed by atoms with van der Waals surface area (Å²) in [4.78, 5) is 12.1. The van der Waals surface area contributed by atoms with Crippen molar-refractivity contribution < 1.29 is 14.0 Å². The first-order valence-corrected chi connectivity index (χ1v) is 11.7. The largest absolute Gasteiger partial charge is 0.429 e. The zero-order valence-electron chi connectivity index (χ0n) is 17.3. The van der Waals surface area contributed by atoms with Crippen molar-refractivity contribution in [1.29, 1.82) is 0 Å². The summed E-state index contributed by atoms with van der Waals surface area (Å²) in [6.45, 7) is 22.6. The summed E-state index contributed by atoms with van der Waals surface area (Å²) in [5.74, 6) is -0.418. The van der Waals surface area contributed by atoms with Gasteiger partial charge in [-0.1, -0.05) is 54.2 Å². The number of carbonyl (C=O) groups is 1. The van der Waals surface area contributed by atoms with Gasteiger partial charge < -0.3 is 9.16 Å². The maximum Gasteiger partial charge on any atom is 0.335 e. The molecular formula is C21H34O3Si. The van der Waals surface area contributed by atoms with Crippen LogP contribution in [0.1, 0.15) is 71.4 Å². The number of rotatable bonds is 5. The molecule has 3 nitrogen and oxygen atoms in total. The van der Waals surface area contributed by atoms with Gasteiger partial charge in [0.2, 0.25) is 6.29 Å². The third-order valence-electron chi connectivity index (χ3n) is 3.92. The highest BCUT2D eigenvalue weighted by atomic mass is 28.3. The molecular weight excluding hydrogens is 328 g/mol. The lowest BCUT2D eigenvalue weighted by molar-refractivity contribution is -0.160. The van der Waals surface area contributed by atoms with E-state index in [0.717, 1.165) is 5.56 Å². The Kier molecular flexibility index (Phi) is 6.82. The molecule has 0 radical (unpaired) electrons. The standard InChI is InChI=1S/C21H34O3Si/c1-14(2)18(22)23-19(24-25(9)10)15-11-16(20(3,4)5)13-17(12-15)21(6,7)8/h11-13,19,25H,1H2,2-10H3. The van der Waals surface area contributed by atoms with Crippen molar-refractivity contribution in [3.8, 4) is 0 Å². The van der Waals surface area contributed by atoms with Crippen molar-refractivity contribution in [2.24, 2.45) is 0 Å². The van der Waals surface area contributed by atoms with Gasteiger partial charge in [-0.3, -0.25) is 0 Å². The van der Waals surface area contributed by atoms with Gasteiger partial charge in [0, 0.05) is 11.1 Å². The Morgan fingerprint density at radius 1 is 1.00 bits per heavy atom. The summed E-state index contributed by atoms with van der Waals surface area (Å²) in [6, 6.07) is 6.44. The van der Waals surface area contributed by atoms with Crippen LogP contribution < -0.4 is 0 Å². The third kappa shape index (κ3) is 6.44. The molecule has 0 fully saturated rings. The maximum absolute atomic E-state index is 12.1. The Balaban J connectivity index is 3.45. The zero-order valence-corrected chi connectivity index (χ0v) is 18.5. The SMILES string of the molecule is C=C(C)C(=O)OC(O[SiH](C)C)c1cc(C(C)(C)C)cc(C(C)(C)C)c1. The second-order valence-electron chi connectivity index (χ2n) is 9.05. The number of hydrogen-bond donors (Lipinski definition) is 0. The van der Waals surface area contributed by atoms with Crippen LogP contribution in [0.5, 0.6) is 0 Å². The summed E-state index contributed by atoms with van der Waals surface area (Å²) in [5.41, 5.74) is 3.68. The molecule has 1 rings (SSSR count). The van der Waals surface area contributed by atoms with E-state index in [9.17, 15) is 4.79 Å². The van der Waals surface area contributed by atoms with E-state index >= 15 is 0 Å². The van der Waals surface area contributed by atoms with Gasteiger partial charge in [0.1, 0.15) is 0 Å². The van der Waals surface area contributed by atoms with Crippen LogP contribution in [0.4, 0.5) is 0 Å². The summed E-state index contributed by atoms with van der Waals surface area (Å²) < 4.78 is 11.7. The zero-order chi connectivity index (χ0) is 19.6. The smallest absolute Gasteiger partial charge is 0.335 e. The number of carbonyl (C=O) groups excluding carboxylic acids is 1. The van der Waals surface area contributed by atoms with Crippen LogP contribution in [-0.2, 0) is 24.8 Å². The molecule has 0 aliphatic rings. The quantitative estimate of drug-likeness (QED) is 0.304. The van der Waals surface area contributed by atoms with Gasteiger partial charge >= 0.3 is 5.97 Å². The van der Waals surface area contributed by atoms with Crippen LogP contribution in [-0.4, -0.2) is 15.0 Å². The monoisotopic (exact) mass is 362 g/mol. The van der Waals surface area contributed by atoms with Crippen LogP contribution in [0.3, 0.4) is 0 Å². The maximum atomic E-state index is 12.1. The third-order valence-corrected chi connectivity index (χ3v) is 4.71. The first-order valence-electron chi connectivity index (χ1n) is 8.89. The van der Waals surface area contributed by atoms with E-state index < -0.39 is 21.3 Å². The summed E-state index contributed by atoms with van der Waals surface area (Å²) in [5, 5.41) is 0. The molecule has 0 saturated carbocycles. The van der Waals surface area contributed by atoms with Gasteiger partial charge in [-0.2, -0.15) is 0 Å². The lowest BCUT2D eigenvalue weighted by atomic mass is 9.79. The van der Waals surface area contributed by atoms with Crippen LogP contribution in [0, 0.1) is 0 Å². The molecule has 4 heteroatoms. The predicted octanol–water partition coefficient (Wildman–Crippen LogP) is 5.40. The molecule has 0 aliphatic carbocycles. The van der Waals surface area contributed by atoms with E-state index in [1.807, 2.05) is 0 Å². The second kappa shape index (κ2) is 7.88. The fraction of sp³-hybridized carbons (Fsp3) is 0.571. The Morgan fingerprint density at radius 3 is 1.76 bits per heavy atom. The van der Waals surface area contributed by atoms with Gasteiger partial charge in [-0.05, 0) is 54.1 Å². The molecule has 1 atom stereocenters. The normalized spacial score (nSPS) is 13.7. The summed E-state index contributed by atoms with van der Waals surface area (Å²) >= 11 is 0. The lowest BCUT2D eigenvalue weighted by Gasteiger charge is -2.29. The van der Waals surface area contributed by atoms with E-state index in [4.69, 9.17) is 9.16 Å². The van der Waals surface area contributed by atoms with Crippen molar-refractivity contribution in [2.75, 3.05) is 0 Å². The Hall–Kier alpha value is -1.39. The minimum atomic E-state index is -1.41. The number of hydrogen-bond acceptors (Lipinski definition) is 3. The van der Waals surface area contributed by atoms with Crippen molar-refractivity contribution in [1.82, 2.24) is 0 Å². The molecule has 0 bridgehead atoms. The summed E-state index contributed by atoms with van der Waals surface area (Å²) in [6.07, 6.45) is -0.681. The van der Waals surface area contributed by atoms with Gasteiger partial charge in [0.15, 0.2) is 9.04 Å². The van der Waals surface area contributed by atoms with Gasteiger partial charge in [0.05, 0.1) is 0 Å². The topological polar surface area (TPSA) is 35.5 Å². The van der Waals surface area contributed by atoms with Crippen molar-refractivity contribution >= 4 is 15.0 Å². The van der Waals surface area contributed by atoms with Crippen molar-refractivity contribution in [2.45, 2.75) is 78.7 Å². The van der Waals surface area contributed by atoms with Crippen LogP contribution in [0.15, 0.2) is 30.4 Å². The average Bonchev–Trinajstić information content (AvgIpc) is 2.43. The van der Waals surface area contributed by atoms with Gasteiger partial charge in [-0.25, -0.2) is 4.79 Å². The van der Waals surface area contributed by atoms with E-state index in [2.05, 4.69) is 79.4 Å².